The SMILES string of the molecule is CNC(C)c1cc(F)c(C)cc1N1CCC(CCO)C1. The molecule has 0 amide bonds. The highest BCUT2D eigenvalue weighted by Gasteiger charge is 2.25. The topological polar surface area (TPSA) is 35.5 Å². The van der Waals surface area contributed by atoms with Gasteiger partial charge in [-0.2, -0.15) is 0 Å². The number of aryl methyl sites for hydroxylation is 1. The van der Waals surface area contributed by atoms with Gasteiger partial charge in [0.15, 0.2) is 0 Å². The van der Waals surface area contributed by atoms with Crippen molar-refractivity contribution in [3.63, 3.8) is 0 Å². The van der Waals surface area contributed by atoms with Crippen molar-refractivity contribution in [3.05, 3.63) is 29.1 Å². The Hall–Kier alpha value is -1.13. The van der Waals surface area contributed by atoms with E-state index in [0.717, 1.165) is 37.2 Å². The maximum absolute atomic E-state index is 13.9. The molecule has 1 fully saturated rings. The van der Waals surface area contributed by atoms with E-state index in [-0.39, 0.29) is 18.5 Å². The molecule has 2 unspecified atom stereocenters. The van der Waals surface area contributed by atoms with Crippen molar-refractivity contribution in [2.75, 3.05) is 31.6 Å². The number of benzene rings is 1. The molecule has 4 heteroatoms. The van der Waals surface area contributed by atoms with Crippen LogP contribution in [0.4, 0.5) is 10.1 Å². The van der Waals surface area contributed by atoms with Crippen LogP contribution in [0.5, 0.6) is 0 Å². The van der Waals surface area contributed by atoms with Gasteiger partial charge in [-0.1, -0.05) is 0 Å². The minimum atomic E-state index is -0.142. The summed E-state index contributed by atoms with van der Waals surface area (Å²) in [4.78, 5) is 2.33. The van der Waals surface area contributed by atoms with E-state index in [1.807, 2.05) is 20.0 Å². The molecule has 1 aromatic rings. The van der Waals surface area contributed by atoms with Gasteiger partial charge < -0.3 is 15.3 Å². The van der Waals surface area contributed by atoms with E-state index in [1.54, 1.807) is 6.07 Å². The molecule has 0 spiro atoms. The molecule has 2 rings (SSSR count). The van der Waals surface area contributed by atoms with Gasteiger partial charge in [0.25, 0.3) is 0 Å². The van der Waals surface area contributed by atoms with Crippen LogP contribution in [0.25, 0.3) is 0 Å². The van der Waals surface area contributed by atoms with Crippen molar-refractivity contribution in [1.82, 2.24) is 5.32 Å². The molecule has 2 N–H and O–H groups in total. The zero-order valence-electron chi connectivity index (χ0n) is 12.6. The number of hydrogen-bond acceptors (Lipinski definition) is 3. The summed E-state index contributed by atoms with van der Waals surface area (Å²) in [6.45, 7) is 6.05. The lowest BCUT2D eigenvalue weighted by Gasteiger charge is -2.26. The van der Waals surface area contributed by atoms with E-state index >= 15 is 0 Å². The van der Waals surface area contributed by atoms with E-state index in [4.69, 9.17) is 5.11 Å². The molecule has 0 bridgehead atoms. The molecule has 20 heavy (non-hydrogen) atoms. The number of aliphatic hydroxyl groups is 1. The molecule has 1 aromatic carbocycles. The predicted octanol–water partition coefficient (Wildman–Crippen LogP) is 2.62. The van der Waals surface area contributed by atoms with E-state index in [9.17, 15) is 4.39 Å². The standard InChI is InChI=1S/C16H25FN2O/c1-11-8-16(14(9-15(11)17)12(2)18-3)19-6-4-13(10-19)5-7-20/h8-9,12-13,18,20H,4-7,10H2,1-3H3. The number of aliphatic hydroxyl groups excluding tert-OH is 1. The lowest BCUT2D eigenvalue weighted by molar-refractivity contribution is 0.263. The first-order valence-electron chi connectivity index (χ1n) is 7.40. The number of anilines is 1. The molecule has 1 aliphatic heterocycles. The molecule has 0 saturated carbocycles. The molecular weight excluding hydrogens is 255 g/mol. The Morgan fingerprint density at radius 2 is 2.25 bits per heavy atom. The first-order valence-corrected chi connectivity index (χ1v) is 7.40. The van der Waals surface area contributed by atoms with E-state index in [1.165, 1.54) is 0 Å². The first-order chi connectivity index (χ1) is 9.56. The van der Waals surface area contributed by atoms with Gasteiger partial charge in [0.05, 0.1) is 0 Å². The van der Waals surface area contributed by atoms with Gasteiger partial charge in [0.1, 0.15) is 5.82 Å². The summed E-state index contributed by atoms with van der Waals surface area (Å²) in [6.07, 6.45) is 1.96. The van der Waals surface area contributed by atoms with Gasteiger partial charge >= 0.3 is 0 Å². The molecule has 0 aliphatic carbocycles. The number of halogens is 1. The number of rotatable bonds is 5. The molecule has 1 heterocycles. The third-order valence-corrected chi connectivity index (χ3v) is 4.37. The largest absolute Gasteiger partial charge is 0.396 e. The van der Waals surface area contributed by atoms with Crippen LogP contribution < -0.4 is 10.2 Å². The summed E-state index contributed by atoms with van der Waals surface area (Å²) >= 11 is 0. The van der Waals surface area contributed by atoms with E-state index in [0.29, 0.717) is 11.5 Å². The highest BCUT2D eigenvalue weighted by molar-refractivity contribution is 5.57. The van der Waals surface area contributed by atoms with Gasteiger partial charge in [-0.05, 0) is 62.9 Å². The highest BCUT2D eigenvalue weighted by atomic mass is 19.1. The first kappa shape index (κ1) is 15.3. The Balaban J connectivity index is 2.28. The fraction of sp³-hybridized carbons (Fsp3) is 0.625. The van der Waals surface area contributed by atoms with Crippen molar-refractivity contribution < 1.29 is 9.50 Å². The summed E-state index contributed by atoms with van der Waals surface area (Å²) in [7, 11) is 1.89. The Morgan fingerprint density at radius 3 is 2.90 bits per heavy atom. The van der Waals surface area contributed by atoms with Gasteiger partial charge in [0.2, 0.25) is 0 Å². The van der Waals surface area contributed by atoms with E-state index < -0.39 is 0 Å². The van der Waals surface area contributed by atoms with Crippen LogP contribution in [0.2, 0.25) is 0 Å². The Labute approximate surface area is 120 Å². The summed E-state index contributed by atoms with van der Waals surface area (Å²) in [5.74, 6) is 0.403. The average Bonchev–Trinajstić information content (AvgIpc) is 2.89. The third kappa shape index (κ3) is 3.13. The van der Waals surface area contributed by atoms with E-state index in [2.05, 4.69) is 17.1 Å². The zero-order valence-corrected chi connectivity index (χ0v) is 12.6. The van der Waals surface area contributed by atoms with Crippen LogP contribution in [0.3, 0.4) is 0 Å². The lowest BCUT2D eigenvalue weighted by Crippen LogP contribution is -2.24. The number of nitrogens with one attached hydrogen (secondary N) is 1. The van der Waals surface area contributed by atoms with Crippen molar-refractivity contribution in [2.45, 2.75) is 32.7 Å². The Bertz CT molecular complexity index is 464. The maximum atomic E-state index is 13.9. The second kappa shape index (κ2) is 6.55. The quantitative estimate of drug-likeness (QED) is 0.870. The normalized spacial score (nSPS) is 20.4. The maximum Gasteiger partial charge on any atom is 0.126 e. The van der Waals surface area contributed by atoms with Crippen LogP contribution >= 0.6 is 0 Å². The predicted molar refractivity (Wildman–Crippen MR) is 80.6 cm³/mol. The fourth-order valence-corrected chi connectivity index (χ4v) is 2.93. The fourth-order valence-electron chi connectivity index (χ4n) is 2.93. The molecule has 0 radical (unpaired) electrons. The van der Waals surface area contributed by atoms with Crippen LogP contribution in [-0.2, 0) is 0 Å². The molecule has 3 nitrogen and oxygen atoms in total. The van der Waals surface area contributed by atoms with Gasteiger partial charge in [0, 0.05) is 31.4 Å². The Morgan fingerprint density at radius 1 is 1.50 bits per heavy atom. The summed E-state index contributed by atoms with van der Waals surface area (Å²) in [5, 5.41) is 12.3. The van der Waals surface area contributed by atoms with Gasteiger partial charge in [-0.15, -0.1) is 0 Å². The van der Waals surface area contributed by atoms with Crippen LogP contribution in [0.1, 0.15) is 36.9 Å². The van der Waals surface area contributed by atoms with Crippen LogP contribution in [0, 0.1) is 18.7 Å². The lowest BCUT2D eigenvalue weighted by atomic mass is 10.0. The van der Waals surface area contributed by atoms with Crippen molar-refractivity contribution in [3.8, 4) is 0 Å². The van der Waals surface area contributed by atoms with Gasteiger partial charge in [-0.3, -0.25) is 0 Å². The molecule has 1 aliphatic rings. The average molecular weight is 280 g/mol. The molecular formula is C16H25FN2O. The third-order valence-electron chi connectivity index (χ3n) is 4.37. The zero-order chi connectivity index (χ0) is 14.7. The number of hydrogen-bond donors (Lipinski definition) is 2. The molecule has 112 valence electrons. The number of nitrogens with zero attached hydrogens (tertiary/aromatic N) is 1. The van der Waals surface area contributed by atoms with Crippen molar-refractivity contribution >= 4 is 5.69 Å². The monoisotopic (exact) mass is 280 g/mol. The summed E-state index contributed by atoms with van der Waals surface area (Å²) < 4.78 is 13.9. The Kier molecular flexibility index (Phi) is 5.00. The summed E-state index contributed by atoms with van der Waals surface area (Å²) in [5.41, 5.74) is 2.84. The van der Waals surface area contributed by atoms with Gasteiger partial charge in [-0.25, -0.2) is 4.39 Å². The highest BCUT2D eigenvalue weighted by Crippen LogP contribution is 2.33. The van der Waals surface area contributed by atoms with Crippen molar-refractivity contribution in [2.24, 2.45) is 5.92 Å². The second-order valence-corrected chi connectivity index (χ2v) is 5.78. The molecule has 1 saturated heterocycles. The van der Waals surface area contributed by atoms with Crippen molar-refractivity contribution in [1.29, 1.82) is 0 Å². The van der Waals surface area contributed by atoms with Crippen LogP contribution in [-0.4, -0.2) is 31.9 Å². The molecule has 0 aromatic heterocycles. The smallest absolute Gasteiger partial charge is 0.126 e. The molecule has 2 atom stereocenters. The minimum Gasteiger partial charge on any atom is -0.396 e. The second-order valence-electron chi connectivity index (χ2n) is 5.78. The van der Waals surface area contributed by atoms with Crippen LogP contribution in [0.15, 0.2) is 12.1 Å². The minimum absolute atomic E-state index is 0.122. The summed E-state index contributed by atoms with van der Waals surface area (Å²) in [6, 6.07) is 3.74.